The second kappa shape index (κ2) is 9.65. The number of methoxy groups -OCH3 is 1. The molecule has 0 spiro atoms. The van der Waals surface area contributed by atoms with Gasteiger partial charge in [-0.3, -0.25) is 4.79 Å². The fourth-order valence-corrected chi connectivity index (χ4v) is 4.75. The molecule has 0 fully saturated rings. The summed E-state index contributed by atoms with van der Waals surface area (Å²) in [5, 5.41) is 3.41. The van der Waals surface area contributed by atoms with Crippen molar-refractivity contribution < 1.29 is 19.1 Å². The Balaban J connectivity index is 1.80. The van der Waals surface area contributed by atoms with Crippen molar-refractivity contribution in [2.24, 2.45) is 0 Å². The van der Waals surface area contributed by atoms with E-state index in [0.29, 0.717) is 23.3 Å². The van der Waals surface area contributed by atoms with E-state index in [4.69, 9.17) is 9.47 Å². The summed E-state index contributed by atoms with van der Waals surface area (Å²) in [5.74, 6) is -0.0150. The maximum atomic E-state index is 13.6. The number of ether oxygens (including phenoxy) is 2. The molecule has 0 amide bonds. The first-order valence-corrected chi connectivity index (χ1v) is 11.6. The van der Waals surface area contributed by atoms with Crippen molar-refractivity contribution in [2.45, 2.75) is 58.0 Å². The van der Waals surface area contributed by atoms with E-state index in [2.05, 4.69) is 17.4 Å². The summed E-state index contributed by atoms with van der Waals surface area (Å²) < 4.78 is 11.2. The fourth-order valence-electron chi connectivity index (χ4n) is 4.75. The lowest BCUT2D eigenvalue weighted by atomic mass is 9.71. The zero-order valence-electron chi connectivity index (χ0n) is 19.7. The number of allylic oxidation sites excluding steroid dienone is 3. The first kappa shape index (κ1) is 22.8. The van der Waals surface area contributed by atoms with E-state index in [1.165, 1.54) is 0 Å². The number of carbonyl (C=O) groups is 2. The summed E-state index contributed by atoms with van der Waals surface area (Å²) in [6, 6.07) is 17.7. The monoisotopic (exact) mass is 445 g/mol. The van der Waals surface area contributed by atoms with E-state index in [1.807, 2.05) is 63.2 Å². The van der Waals surface area contributed by atoms with Crippen LogP contribution in [0.25, 0.3) is 0 Å². The lowest BCUT2D eigenvalue weighted by Gasteiger charge is -2.37. The van der Waals surface area contributed by atoms with E-state index >= 15 is 0 Å². The van der Waals surface area contributed by atoms with Gasteiger partial charge in [-0.05, 0) is 55.9 Å². The van der Waals surface area contributed by atoms with Crippen LogP contribution >= 0.6 is 0 Å². The predicted octanol–water partition coefficient (Wildman–Crippen LogP) is 5.40. The van der Waals surface area contributed by atoms with E-state index < -0.39 is 5.92 Å². The number of benzene rings is 2. The van der Waals surface area contributed by atoms with Crippen molar-refractivity contribution in [1.29, 1.82) is 0 Å². The zero-order valence-corrected chi connectivity index (χ0v) is 19.7. The number of ketones is 1. The van der Waals surface area contributed by atoms with Crippen LogP contribution in [0.5, 0.6) is 5.75 Å². The smallest absolute Gasteiger partial charge is 0.337 e. The highest BCUT2D eigenvalue weighted by molar-refractivity contribution is 6.04. The van der Waals surface area contributed by atoms with E-state index in [1.54, 1.807) is 7.11 Å². The topological polar surface area (TPSA) is 64.6 Å². The van der Waals surface area contributed by atoms with Gasteiger partial charge < -0.3 is 14.8 Å². The second-order valence-corrected chi connectivity index (χ2v) is 8.83. The summed E-state index contributed by atoms with van der Waals surface area (Å²) in [7, 11) is 1.61. The lowest BCUT2D eigenvalue weighted by molar-refractivity contribution is -0.144. The van der Waals surface area contributed by atoms with Crippen molar-refractivity contribution >= 4 is 11.8 Å². The molecule has 5 nitrogen and oxygen atoms in total. The number of rotatable bonds is 6. The Morgan fingerprint density at radius 2 is 1.82 bits per heavy atom. The first-order valence-electron chi connectivity index (χ1n) is 11.6. The van der Waals surface area contributed by atoms with Gasteiger partial charge in [0.05, 0.1) is 18.8 Å². The molecule has 3 atom stereocenters. The van der Waals surface area contributed by atoms with Gasteiger partial charge in [0, 0.05) is 29.3 Å². The predicted molar refractivity (Wildman–Crippen MR) is 128 cm³/mol. The van der Waals surface area contributed by atoms with Gasteiger partial charge in [0.25, 0.3) is 0 Å². The number of hydrogen-bond donors (Lipinski definition) is 1. The van der Waals surface area contributed by atoms with Crippen molar-refractivity contribution in [3.63, 3.8) is 0 Å². The van der Waals surface area contributed by atoms with Crippen molar-refractivity contribution in [2.75, 3.05) is 7.11 Å². The summed E-state index contributed by atoms with van der Waals surface area (Å²) in [6.07, 6.45) is 1.65. The number of dihydropyridines is 1. The number of nitrogens with one attached hydrogen (secondary N) is 1. The largest absolute Gasteiger partial charge is 0.497 e. The number of carbonyl (C=O) groups excluding carboxylic acids is 2. The Kier molecular flexibility index (Phi) is 6.68. The van der Waals surface area contributed by atoms with Gasteiger partial charge in [0.2, 0.25) is 0 Å². The lowest BCUT2D eigenvalue weighted by Crippen LogP contribution is -2.36. The molecule has 0 bridgehead atoms. The van der Waals surface area contributed by atoms with Crippen molar-refractivity contribution in [3.05, 3.63) is 88.3 Å². The molecule has 5 heteroatoms. The van der Waals surface area contributed by atoms with Crippen LogP contribution in [0.3, 0.4) is 0 Å². The highest BCUT2D eigenvalue weighted by atomic mass is 16.5. The van der Waals surface area contributed by atoms with Gasteiger partial charge in [0.1, 0.15) is 5.75 Å². The third-order valence-electron chi connectivity index (χ3n) is 6.63. The van der Waals surface area contributed by atoms with Crippen LogP contribution < -0.4 is 10.1 Å². The number of Topliss-reactive ketones (excluding diaryl/α,β-unsaturated/α-hetero) is 1. The Morgan fingerprint density at radius 3 is 2.52 bits per heavy atom. The Bertz CT molecular complexity index is 1120. The van der Waals surface area contributed by atoms with Gasteiger partial charge >= 0.3 is 5.97 Å². The molecule has 2 aliphatic rings. The van der Waals surface area contributed by atoms with Gasteiger partial charge in [0.15, 0.2) is 5.78 Å². The first-order chi connectivity index (χ1) is 15.9. The van der Waals surface area contributed by atoms with Crippen LogP contribution in [0.4, 0.5) is 0 Å². The standard InChI is InChI=1S/C28H31NO4/c1-5-17(2)33-28(31)25-18(3)29-23-15-21(19-10-7-6-8-11-19)16-24(30)27(23)26(25)20-12-9-13-22(14-20)32-4/h6-14,17,21,26,29H,5,15-16H2,1-4H3/t17-,21-,26-/m0/s1. The minimum Gasteiger partial charge on any atom is -0.497 e. The highest BCUT2D eigenvalue weighted by Crippen LogP contribution is 2.46. The van der Waals surface area contributed by atoms with Crippen LogP contribution in [-0.2, 0) is 14.3 Å². The molecule has 172 valence electrons. The molecule has 1 aliphatic heterocycles. The summed E-state index contributed by atoms with van der Waals surface area (Å²) in [5.41, 5.74) is 4.79. The van der Waals surface area contributed by atoms with Gasteiger partial charge in [-0.15, -0.1) is 0 Å². The van der Waals surface area contributed by atoms with E-state index in [0.717, 1.165) is 35.4 Å². The van der Waals surface area contributed by atoms with Crippen molar-refractivity contribution in [1.82, 2.24) is 5.32 Å². The molecule has 4 rings (SSSR count). The zero-order chi connectivity index (χ0) is 23.5. The number of hydrogen-bond acceptors (Lipinski definition) is 5. The van der Waals surface area contributed by atoms with E-state index in [9.17, 15) is 9.59 Å². The molecule has 1 heterocycles. The molecule has 0 aromatic heterocycles. The Morgan fingerprint density at radius 1 is 1.09 bits per heavy atom. The quantitative estimate of drug-likeness (QED) is 0.603. The minimum absolute atomic E-state index is 0.0618. The van der Waals surface area contributed by atoms with Crippen LogP contribution in [0, 0.1) is 0 Å². The Hall–Kier alpha value is -3.34. The molecular weight excluding hydrogens is 414 g/mol. The maximum Gasteiger partial charge on any atom is 0.337 e. The molecule has 0 unspecified atom stereocenters. The van der Waals surface area contributed by atoms with Crippen LogP contribution in [0.1, 0.15) is 63.0 Å². The van der Waals surface area contributed by atoms with Crippen LogP contribution in [0.2, 0.25) is 0 Å². The summed E-state index contributed by atoms with van der Waals surface area (Å²) in [6.45, 7) is 5.75. The molecule has 33 heavy (non-hydrogen) atoms. The molecule has 0 radical (unpaired) electrons. The van der Waals surface area contributed by atoms with Crippen LogP contribution in [-0.4, -0.2) is 25.0 Å². The molecule has 0 saturated heterocycles. The second-order valence-electron chi connectivity index (χ2n) is 8.83. The SMILES string of the molecule is CC[C@H](C)OC(=O)C1=C(C)NC2=C(C(=O)C[C@@H](c3ccccc3)C2)[C@H]1c1cccc(OC)c1. The highest BCUT2D eigenvalue weighted by Gasteiger charge is 2.41. The normalized spacial score (nSPS) is 21.3. The molecule has 2 aromatic rings. The summed E-state index contributed by atoms with van der Waals surface area (Å²) >= 11 is 0. The third kappa shape index (κ3) is 4.58. The third-order valence-corrected chi connectivity index (χ3v) is 6.63. The Labute approximate surface area is 195 Å². The molecular formula is C28H31NO4. The number of esters is 1. The fraction of sp³-hybridized carbons (Fsp3) is 0.357. The minimum atomic E-state index is -0.489. The molecule has 1 N–H and O–H groups in total. The van der Waals surface area contributed by atoms with E-state index in [-0.39, 0.29) is 23.8 Å². The molecule has 0 saturated carbocycles. The average Bonchev–Trinajstić information content (AvgIpc) is 2.83. The van der Waals surface area contributed by atoms with Crippen molar-refractivity contribution in [3.8, 4) is 5.75 Å². The average molecular weight is 446 g/mol. The van der Waals surface area contributed by atoms with Gasteiger partial charge in [-0.1, -0.05) is 49.4 Å². The summed E-state index contributed by atoms with van der Waals surface area (Å²) in [4.78, 5) is 26.9. The van der Waals surface area contributed by atoms with Gasteiger partial charge in [-0.2, -0.15) is 0 Å². The molecule has 1 aliphatic carbocycles. The molecule has 2 aromatic carbocycles. The maximum absolute atomic E-state index is 13.6. The van der Waals surface area contributed by atoms with Gasteiger partial charge in [-0.25, -0.2) is 4.79 Å². The van der Waals surface area contributed by atoms with Crippen LogP contribution in [0.15, 0.2) is 77.1 Å².